The fourth-order valence-corrected chi connectivity index (χ4v) is 2.08. The van der Waals surface area contributed by atoms with Crippen LogP contribution in [-0.4, -0.2) is 24.8 Å². The Kier molecular flexibility index (Phi) is 4.16. The lowest BCUT2D eigenvalue weighted by Crippen LogP contribution is -2.24. The highest BCUT2D eigenvalue weighted by Gasteiger charge is 2.32. The summed E-state index contributed by atoms with van der Waals surface area (Å²) < 4.78 is 10.9. The molecule has 1 rings (SSSR count). The van der Waals surface area contributed by atoms with E-state index in [9.17, 15) is 0 Å². The molecule has 0 aromatic rings. The third-order valence-corrected chi connectivity index (χ3v) is 3.46. The number of hydrogen-bond donors (Lipinski definition) is 0. The van der Waals surface area contributed by atoms with Gasteiger partial charge in [-0.3, -0.25) is 0 Å². The lowest BCUT2D eigenvalue weighted by molar-refractivity contribution is -0.130. The van der Waals surface area contributed by atoms with Crippen molar-refractivity contribution in [3.63, 3.8) is 0 Å². The predicted molar refractivity (Wildman–Crippen MR) is 61.6 cm³/mol. The van der Waals surface area contributed by atoms with Gasteiger partial charge in [-0.25, -0.2) is 0 Å². The SMILES string of the molecule is COC(CBr)OC1C=C(C)C(C)(C)C1. The number of methoxy groups -OCH3 is 1. The molecule has 0 saturated carbocycles. The first-order valence-electron chi connectivity index (χ1n) is 4.92. The van der Waals surface area contributed by atoms with Gasteiger partial charge in [0.1, 0.15) is 0 Å². The average Bonchev–Trinajstić information content (AvgIpc) is 2.36. The summed E-state index contributed by atoms with van der Waals surface area (Å²) in [6.07, 6.45) is 3.31. The van der Waals surface area contributed by atoms with E-state index in [1.807, 2.05) is 0 Å². The van der Waals surface area contributed by atoms with Crippen LogP contribution in [0.4, 0.5) is 0 Å². The topological polar surface area (TPSA) is 18.5 Å². The first-order chi connectivity index (χ1) is 6.49. The molecule has 0 fully saturated rings. The molecule has 0 aromatic carbocycles. The third-order valence-electron chi connectivity index (χ3n) is 2.93. The van der Waals surface area contributed by atoms with E-state index >= 15 is 0 Å². The van der Waals surface area contributed by atoms with Crippen molar-refractivity contribution in [2.45, 2.75) is 39.6 Å². The Bertz CT molecular complexity index is 219. The van der Waals surface area contributed by atoms with Crippen molar-refractivity contribution in [2.75, 3.05) is 12.4 Å². The van der Waals surface area contributed by atoms with Gasteiger partial charge in [0.2, 0.25) is 0 Å². The minimum absolute atomic E-state index is 0.141. The molecule has 0 aliphatic heterocycles. The van der Waals surface area contributed by atoms with Crippen molar-refractivity contribution in [3.8, 4) is 0 Å². The summed E-state index contributed by atoms with van der Waals surface area (Å²) in [4.78, 5) is 0. The zero-order valence-corrected chi connectivity index (χ0v) is 10.9. The Hall–Kier alpha value is 0.140. The highest BCUT2D eigenvalue weighted by atomic mass is 79.9. The van der Waals surface area contributed by atoms with Crippen LogP contribution in [0.3, 0.4) is 0 Å². The van der Waals surface area contributed by atoms with Crippen LogP contribution in [0.1, 0.15) is 27.2 Å². The van der Waals surface area contributed by atoms with E-state index in [2.05, 4.69) is 42.8 Å². The minimum atomic E-state index is -0.141. The summed E-state index contributed by atoms with van der Waals surface area (Å²) in [6, 6.07) is 0. The minimum Gasteiger partial charge on any atom is -0.355 e. The lowest BCUT2D eigenvalue weighted by Gasteiger charge is -2.23. The van der Waals surface area contributed by atoms with E-state index in [4.69, 9.17) is 9.47 Å². The number of alkyl halides is 1. The van der Waals surface area contributed by atoms with Gasteiger partial charge in [-0.1, -0.05) is 41.4 Å². The Morgan fingerprint density at radius 1 is 1.64 bits per heavy atom. The fourth-order valence-electron chi connectivity index (χ4n) is 1.66. The average molecular weight is 263 g/mol. The highest BCUT2D eigenvalue weighted by molar-refractivity contribution is 9.09. The van der Waals surface area contributed by atoms with Crippen LogP contribution < -0.4 is 0 Å². The molecule has 2 unspecified atom stereocenters. The summed E-state index contributed by atoms with van der Waals surface area (Å²) in [5, 5.41) is 0.716. The maximum absolute atomic E-state index is 5.77. The second kappa shape index (κ2) is 4.77. The van der Waals surface area contributed by atoms with Gasteiger partial charge in [-0.2, -0.15) is 0 Å². The molecule has 0 radical (unpaired) electrons. The van der Waals surface area contributed by atoms with Gasteiger partial charge < -0.3 is 9.47 Å². The predicted octanol–water partition coefficient (Wildman–Crippen LogP) is 3.12. The van der Waals surface area contributed by atoms with E-state index in [1.165, 1.54) is 5.57 Å². The number of ether oxygens (including phenoxy) is 2. The molecule has 0 aromatic heterocycles. The van der Waals surface area contributed by atoms with Crippen LogP contribution in [0.5, 0.6) is 0 Å². The molecule has 0 amide bonds. The summed E-state index contributed by atoms with van der Waals surface area (Å²) in [5.74, 6) is 0. The van der Waals surface area contributed by atoms with Gasteiger partial charge in [0.15, 0.2) is 6.29 Å². The van der Waals surface area contributed by atoms with E-state index in [-0.39, 0.29) is 17.8 Å². The summed E-state index contributed by atoms with van der Waals surface area (Å²) in [6.45, 7) is 6.66. The molecule has 82 valence electrons. The van der Waals surface area contributed by atoms with Crippen LogP contribution in [-0.2, 0) is 9.47 Å². The quantitative estimate of drug-likeness (QED) is 0.441. The normalized spacial score (nSPS) is 27.5. The van der Waals surface area contributed by atoms with Gasteiger partial charge in [-0.05, 0) is 18.8 Å². The third kappa shape index (κ3) is 2.81. The van der Waals surface area contributed by atoms with Crippen LogP contribution >= 0.6 is 15.9 Å². The first-order valence-corrected chi connectivity index (χ1v) is 6.05. The first kappa shape index (κ1) is 12.2. The summed E-state index contributed by atoms with van der Waals surface area (Å²) in [7, 11) is 1.67. The van der Waals surface area contributed by atoms with Crippen LogP contribution in [0.15, 0.2) is 11.6 Å². The molecule has 2 atom stereocenters. The van der Waals surface area contributed by atoms with Crippen LogP contribution in [0.2, 0.25) is 0 Å². The molecular weight excluding hydrogens is 244 g/mol. The number of halogens is 1. The lowest BCUT2D eigenvalue weighted by atomic mass is 9.87. The molecule has 1 aliphatic rings. The zero-order chi connectivity index (χ0) is 10.8. The van der Waals surface area contributed by atoms with Gasteiger partial charge in [-0.15, -0.1) is 0 Å². The molecule has 0 N–H and O–H groups in total. The van der Waals surface area contributed by atoms with Gasteiger partial charge >= 0.3 is 0 Å². The van der Waals surface area contributed by atoms with Gasteiger partial charge in [0.25, 0.3) is 0 Å². The number of allylic oxidation sites excluding steroid dienone is 1. The molecular formula is C11H19BrO2. The molecule has 3 heteroatoms. The number of rotatable bonds is 4. The second-order valence-electron chi connectivity index (χ2n) is 4.43. The Morgan fingerprint density at radius 2 is 2.29 bits per heavy atom. The van der Waals surface area contributed by atoms with Crippen LogP contribution in [0.25, 0.3) is 0 Å². The monoisotopic (exact) mass is 262 g/mol. The molecule has 1 aliphatic carbocycles. The Labute approximate surface area is 94.8 Å². The van der Waals surface area contributed by atoms with Crippen molar-refractivity contribution in [3.05, 3.63) is 11.6 Å². The van der Waals surface area contributed by atoms with Gasteiger partial charge in [0.05, 0.1) is 11.4 Å². The van der Waals surface area contributed by atoms with Crippen molar-refractivity contribution >= 4 is 15.9 Å². The van der Waals surface area contributed by atoms with Crippen molar-refractivity contribution in [1.29, 1.82) is 0 Å². The smallest absolute Gasteiger partial charge is 0.167 e. The van der Waals surface area contributed by atoms with Crippen LogP contribution in [0, 0.1) is 5.41 Å². The van der Waals surface area contributed by atoms with E-state index < -0.39 is 0 Å². The molecule has 0 bridgehead atoms. The van der Waals surface area contributed by atoms with E-state index in [0.717, 1.165) is 6.42 Å². The molecule has 0 heterocycles. The maximum atomic E-state index is 5.77. The zero-order valence-electron chi connectivity index (χ0n) is 9.34. The van der Waals surface area contributed by atoms with Crippen molar-refractivity contribution in [2.24, 2.45) is 5.41 Å². The molecule has 2 nitrogen and oxygen atoms in total. The number of hydrogen-bond acceptors (Lipinski definition) is 2. The van der Waals surface area contributed by atoms with Gasteiger partial charge in [0, 0.05) is 7.11 Å². The molecule has 0 saturated heterocycles. The Morgan fingerprint density at radius 3 is 2.64 bits per heavy atom. The highest BCUT2D eigenvalue weighted by Crippen LogP contribution is 2.39. The van der Waals surface area contributed by atoms with Crippen molar-refractivity contribution < 1.29 is 9.47 Å². The molecule has 14 heavy (non-hydrogen) atoms. The largest absolute Gasteiger partial charge is 0.355 e. The van der Waals surface area contributed by atoms with Crippen molar-refractivity contribution in [1.82, 2.24) is 0 Å². The standard InChI is InChI=1S/C11H19BrO2/c1-8-5-9(6-11(8,2)3)14-10(7-12)13-4/h5,9-10H,6-7H2,1-4H3. The van der Waals surface area contributed by atoms with E-state index in [0.29, 0.717) is 5.33 Å². The fraction of sp³-hybridized carbons (Fsp3) is 0.818. The molecule has 0 spiro atoms. The summed E-state index contributed by atoms with van der Waals surface area (Å²) >= 11 is 3.36. The Balaban J connectivity index is 2.50. The van der Waals surface area contributed by atoms with E-state index in [1.54, 1.807) is 7.11 Å². The summed E-state index contributed by atoms with van der Waals surface area (Å²) in [5.41, 5.74) is 1.68. The maximum Gasteiger partial charge on any atom is 0.167 e. The second-order valence-corrected chi connectivity index (χ2v) is 5.08.